The Labute approximate surface area is 106 Å². The predicted molar refractivity (Wildman–Crippen MR) is 60.4 cm³/mol. The number of anilines is 1. The number of aromatic nitrogens is 3. The summed E-state index contributed by atoms with van der Waals surface area (Å²) in [4.78, 5) is 14.4. The van der Waals surface area contributed by atoms with E-state index in [9.17, 15) is 18.0 Å². The van der Waals surface area contributed by atoms with Crippen LogP contribution in [0.5, 0.6) is 0 Å². The van der Waals surface area contributed by atoms with Crippen molar-refractivity contribution in [1.29, 1.82) is 0 Å². The maximum atomic E-state index is 12.1. The number of hydrogen-bond acceptors (Lipinski definition) is 3. The summed E-state index contributed by atoms with van der Waals surface area (Å²) in [6, 6.07) is 3.17. The molecule has 0 saturated carbocycles. The number of nitrogens with zero attached hydrogens (tertiary/aromatic N) is 3. The van der Waals surface area contributed by atoms with Gasteiger partial charge in [0.15, 0.2) is 5.82 Å². The highest BCUT2D eigenvalue weighted by Gasteiger charge is 2.39. The van der Waals surface area contributed by atoms with Gasteiger partial charge >= 0.3 is 12.1 Å². The number of nitrogens with one attached hydrogen (secondary N) is 1. The van der Waals surface area contributed by atoms with Gasteiger partial charge in [-0.25, -0.2) is 9.50 Å². The third-order valence-corrected chi connectivity index (χ3v) is 2.71. The first kappa shape index (κ1) is 12.1. The van der Waals surface area contributed by atoms with E-state index in [2.05, 4.69) is 10.1 Å². The van der Waals surface area contributed by atoms with Crippen LogP contribution in [0.3, 0.4) is 0 Å². The van der Waals surface area contributed by atoms with E-state index in [0.717, 1.165) is 6.33 Å². The van der Waals surface area contributed by atoms with Gasteiger partial charge in [-0.2, -0.15) is 18.3 Å². The van der Waals surface area contributed by atoms with E-state index >= 15 is 0 Å². The van der Waals surface area contributed by atoms with Crippen molar-refractivity contribution in [3.8, 4) is 0 Å². The Morgan fingerprint density at radius 3 is 2.76 bits per heavy atom. The number of carbonyl (C=O) groups is 1. The molecule has 0 aliphatic carbocycles. The lowest BCUT2D eigenvalue weighted by Gasteiger charge is -2.07. The molecule has 5 nitrogen and oxygen atoms in total. The van der Waals surface area contributed by atoms with Crippen LogP contribution in [0.25, 0.3) is 5.52 Å². The molecule has 90 valence electrons. The van der Waals surface area contributed by atoms with Crippen molar-refractivity contribution in [3.63, 3.8) is 0 Å². The maximum Gasteiger partial charge on any atom is 0.471 e. The lowest BCUT2D eigenvalue weighted by molar-refractivity contribution is -0.167. The molecule has 2 heterocycles. The third kappa shape index (κ3) is 2.33. The summed E-state index contributed by atoms with van der Waals surface area (Å²) >= 11 is 1.96. The molecule has 2 rings (SSSR count). The lowest BCUT2D eigenvalue weighted by atomic mass is 10.4. The van der Waals surface area contributed by atoms with Crippen LogP contribution in [0.4, 0.5) is 19.0 Å². The molecule has 0 fully saturated rings. The van der Waals surface area contributed by atoms with E-state index in [0.29, 0.717) is 9.22 Å². The molecular weight excluding hydrogens is 352 g/mol. The number of halogens is 4. The fraction of sp³-hybridized carbons (Fsp3) is 0.125. The highest BCUT2D eigenvalue weighted by atomic mass is 127. The van der Waals surface area contributed by atoms with E-state index in [-0.39, 0.29) is 5.82 Å². The zero-order valence-corrected chi connectivity index (χ0v) is 10.2. The number of rotatable bonds is 1. The van der Waals surface area contributed by atoms with Gasteiger partial charge in [-0.05, 0) is 34.7 Å². The van der Waals surface area contributed by atoms with Crippen LogP contribution in [0.1, 0.15) is 0 Å². The number of carbonyl (C=O) groups excluding carboxylic acids is 1. The molecule has 0 bridgehead atoms. The second-order valence-electron chi connectivity index (χ2n) is 3.01. The molecule has 0 spiro atoms. The standard InChI is InChI=1S/C8H4F3IN4O/c9-8(10,11)7(17)15-6-4-1-2-5(12)16(4)14-3-13-6/h1-3H,(H,13,14,15,17). The molecule has 17 heavy (non-hydrogen) atoms. The molecular formula is C8H4F3IN4O. The Balaban J connectivity index is 2.40. The topological polar surface area (TPSA) is 59.3 Å². The average Bonchev–Trinajstić information content (AvgIpc) is 2.60. The first-order valence-electron chi connectivity index (χ1n) is 4.26. The molecule has 0 atom stereocenters. The minimum atomic E-state index is -4.94. The fourth-order valence-corrected chi connectivity index (χ4v) is 1.74. The molecule has 9 heteroatoms. The number of hydrogen-bond donors (Lipinski definition) is 1. The van der Waals surface area contributed by atoms with Crippen molar-refractivity contribution in [1.82, 2.24) is 14.6 Å². The van der Waals surface area contributed by atoms with Crippen LogP contribution in [-0.4, -0.2) is 26.7 Å². The van der Waals surface area contributed by atoms with Crippen LogP contribution in [-0.2, 0) is 4.79 Å². The van der Waals surface area contributed by atoms with E-state index < -0.39 is 12.1 Å². The molecule has 1 N–H and O–H groups in total. The Morgan fingerprint density at radius 1 is 1.41 bits per heavy atom. The van der Waals surface area contributed by atoms with Crippen LogP contribution in [0, 0.1) is 3.70 Å². The Morgan fingerprint density at radius 2 is 2.12 bits per heavy atom. The van der Waals surface area contributed by atoms with E-state index in [4.69, 9.17) is 0 Å². The maximum absolute atomic E-state index is 12.1. The molecule has 0 aromatic carbocycles. The minimum Gasteiger partial charge on any atom is -0.301 e. The molecule has 0 aliphatic heterocycles. The Bertz CT molecular complexity index is 580. The van der Waals surface area contributed by atoms with Crippen molar-refractivity contribution in [2.24, 2.45) is 0 Å². The zero-order valence-electron chi connectivity index (χ0n) is 7.99. The quantitative estimate of drug-likeness (QED) is 0.794. The first-order chi connectivity index (χ1) is 7.89. The summed E-state index contributed by atoms with van der Waals surface area (Å²) in [6.45, 7) is 0. The van der Waals surface area contributed by atoms with Crippen LogP contribution >= 0.6 is 22.6 Å². The Kier molecular flexibility index (Phi) is 2.93. The highest BCUT2D eigenvalue weighted by Crippen LogP contribution is 2.21. The molecule has 0 saturated heterocycles. The monoisotopic (exact) mass is 356 g/mol. The summed E-state index contributed by atoms with van der Waals surface area (Å²) in [5, 5.41) is 5.54. The van der Waals surface area contributed by atoms with Gasteiger partial charge in [0.05, 0.1) is 0 Å². The fourth-order valence-electron chi connectivity index (χ4n) is 1.18. The smallest absolute Gasteiger partial charge is 0.301 e. The van der Waals surface area contributed by atoms with Crippen molar-refractivity contribution in [3.05, 3.63) is 22.2 Å². The largest absolute Gasteiger partial charge is 0.471 e. The second kappa shape index (κ2) is 4.13. The molecule has 2 aromatic rings. The van der Waals surface area contributed by atoms with E-state index in [1.54, 1.807) is 11.4 Å². The lowest BCUT2D eigenvalue weighted by Crippen LogP contribution is -2.30. The molecule has 0 aliphatic rings. The molecule has 0 unspecified atom stereocenters. The number of alkyl halides is 3. The van der Waals surface area contributed by atoms with Gasteiger partial charge in [0, 0.05) is 0 Å². The summed E-state index contributed by atoms with van der Waals surface area (Å²) in [7, 11) is 0. The highest BCUT2D eigenvalue weighted by molar-refractivity contribution is 14.1. The van der Waals surface area contributed by atoms with Crippen molar-refractivity contribution in [2.75, 3.05) is 5.32 Å². The summed E-state index contributed by atoms with van der Waals surface area (Å²) in [6.07, 6.45) is -3.87. The van der Waals surface area contributed by atoms with Gasteiger partial charge in [-0.3, -0.25) is 4.79 Å². The van der Waals surface area contributed by atoms with Gasteiger partial charge in [-0.1, -0.05) is 0 Å². The molecule has 0 radical (unpaired) electrons. The van der Waals surface area contributed by atoms with Crippen molar-refractivity contribution < 1.29 is 18.0 Å². The van der Waals surface area contributed by atoms with Crippen LogP contribution in [0.2, 0.25) is 0 Å². The number of fused-ring (bicyclic) bond motifs is 1. The average molecular weight is 356 g/mol. The van der Waals surface area contributed by atoms with Crippen molar-refractivity contribution >= 4 is 39.8 Å². The second-order valence-corrected chi connectivity index (χ2v) is 4.12. The molecule has 1 amide bonds. The SMILES string of the molecule is O=C(Nc1ncnn2c(I)ccc12)C(F)(F)F. The van der Waals surface area contributed by atoms with Gasteiger partial charge < -0.3 is 5.32 Å². The zero-order chi connectivity index (χ0) is 12.6. The van der Waals surface area contributed by atoms with Gasteiger partial charge in [0.2, 0.25) is 0 Å². The third-order valence-electron chi connectivity index (χ3n) is 1.90. The first-order valence-corrected chi connectivity index (χ1v) is 5.34. The Hall–Kier alpha value is -1.39. The summed E-state index contributed by atoms with van der Waals surface area (Å²) in [5.74, 6) is -2.24. The predicted octanol–water partition coefficient (Wildman–Crippen LogP) is 1.83. The van der Waals surface area contributed by atoms with Crippen molar-refractivity contribution in [2.45, 2.75) is 6.18 Å². The molecule has 2 aromatic heterocycles. The van der Waals surface area contributed by atoms with Crippen LogP contribution < -0.4 is 5.32 Å². The van der Waals surface area contributed by atoms with Gasteiger partial charge in [-0.15, -0.1) is 0 Å². The normalized spacial score (nSPS) is 11.8. The number of amides is 1. The minimum absolute atomic E-state index is 0.176. The summed E-state index contributed by atoms with van der Waals surface area (Å²) < 4.78 is 38.3. The van der Waals surface area contributed by atoms with E-state index in [1.165, 1.54) is 10.6 Å². The van der Waals surface area contributed by atoms with Gasteiger partial charge in [0.1, 0.15) is 15.5 Å². The van der Waals surface area contributed by atoms with Crippen LogP contribution in [0.15, 0.2) is 18.5 Å². The van der Waals surface area contributed by atoms with E-state index in [1.807, 2.05) is 22.6 Å². The van der Waals surface area contributed by atoms with Gasteiger partial charge in [0.25, 0.3) is 0 Å². The summed E-state index contributed by atoms with van der Waals surface area (Å²) in [5.41, 5.74) is 0.300.